The SMILES string of the molecule is CNC(Cc1cccc(F)c1)c1ccccc1I. The maximum absolute atomic E-state index is 13.2. The van der Waals surface area contributed by atoms with Gasteiger partial charge in [-0.1, -0.05) is 30.3 Å². The molecule has 1 N–H and O–H groups in total. The van der Waals surface area contributed by atoms with Crippen LogP contribution in [0, 0.1) is 9.39 Å². The molecule has 0 saturated carbocycles. The van der Waals surface area contributed by atoms with E-state index in [-0.39, 0.29) is 11.9 Å². The molecule has 2 rings (SSSR count). The Morgan fingerprint density at radius 3 is 2.61 bits per heavy atom. The zero-order valence-corrected chi connectivity index (χ0v) is 12.3. The van der Waals surface area contributed by atoms with Gasteiger partial charge in [0.15, 0.2) is 0 Å². The lowest BCUT2D eigenvalue weighted by atomic mass is 9.99. The van der Waals surface area contributed by atoms with E-state index < -0.39 is 0 Å². The van der Waals surface area contributed by atoms with Crippen molar-refractivity contribution in [2.24, 2.45) is 0 Å². The molecule has 0 bridgehead atoms. The zero-order valence-electron chi connectivity index (χ0n) is 10.2. The summed E-state index contributed by atoms with van der Waals surface area (Å²) in [6, 6.07) is 15.3. The maximum Gasteiger partial charge on any atom is 0.123 e. The van der Waals surface area contributed by atoms with Gasteiger partial charge in [-0.15, -0.1) is 0 Å². The van der Waals surface area contributed by atoms with E-state index in [1.807, 2.05) is 25.2 Å². The van der Waals surface area contributed by atoms with Crippen molar-refractivity contribution in [3.63, 3.8) is 0 Å². The van der Waals surface area contributed by atoms with Crippen LogP contribution in [0.1, 0.15) is 17.2 Å². The molecule has 0 aromatic heterocycles. The summed E-state index contributed by atoms with van der Waals surface area (Å²) >= 11 is 2.33. The number of likely N-dealkylation sites (N-methyl/N-ethyl adjacent to an activating group) is 1. The minimum atomic E-state index is -0.176. The summed E-state index contributed by atoms with van der Waals surface area (Å²) in [7, 11) is 1.94. The van der Waals surface area contributed by atoms with E-state index in [1.54, 1.807) is 12.1 Å². The largest absolute Gasteiger partial charge is 0.313 e. The van der Waals surface area contributed by atoms with Gasteiger partial charge in [-0.05, 0) is 65.4 Å². The highest BCUT2D eigenvalue weighted by atomic mass is 127. The molecule has 0 radical (unpaired) electrons. The van der Waals surface area contributed by atoms with Crippen LogP contribution in [0.2, 0.25) is 0 Å². The molecule has 94 valence electrons. The van der Waals surface area contributed by atoms with Gasteiger partial charge in [-0.2, -0.15) is 0 Å². The van der Waals surface area contributed by atoms with E-state index in [9.17, 15) is 4.39 Å². The van der Waals surface area contributed by atoms with Crippen molar-refractivity contribution in [1.82, 2.24) is 5.32 Å². The average Bonchev–Trinajstić information content (AvgIpc) is 2.37. The van der Waals surface area contributed by atoms with Crippen molar-refractivity contribution in [2.75, 3.05) is 7.05 Å². The molecule has 0 spiro atoms. The molecule has 0 aliphatic heterocycles. The van der Waals surface area contributed by atoms with Gasteiger partial charge in [0.05, 0.1) is 0 Å². The van der Waals surface area contributed by atoms with Gasteiger partial charge < -0.3 is 5.32 Å². The molecular formula is C15H15FIN. The van der Waals surface area contributed by atoms with Gasteiger partial charge in [0.25, 0.3) is 0 Å². The van der Waals surface area contributed by atoms with Crippen LogP contribution < -0.4 is 5.32 Å². The van der Waals surface area contributed by atoms with Crippen molar-refractivity contribution >= 4 is 22.6 Å². The first-order chi connectivity index (χ1) is 8.70. The summed E-state index contributed by atoms with van der Waals surface area (Å²) in [5.74, 6) is -0.176. The molecule has 0 fully saturated rings. The second-order valence-corrected chi connectivity index (χ2v) is 5.36. The average molecular weight is 355 g/mol. The normalized spacial score (nSPS) is 12.4. The van der Waals surface area contributed by atoms with E-state index in [1.165, 1.54) is 15.2 Å². The lowest BCUT2D eigenvalue weighted by Crippen LogP contribution is -2.19. The molecule has 3 heteroatoms. The Labute approximate surface area is 121 Å². The first-order valence-corrected chi connectivity index (χ1v) is 6.94. The minimum Gasteiger partial charge on any atom is -0.313 e. The van der Waals surface area contributed by atoms with E-state index in [0.29, 0.717) is 0 Å². The highest BCUT2D eigenvalue weighted by Crippen LogP contribution is 2.23. The molecule has 18 heavy (non-hydrogen) atoms. The van der Waals surface area contributed by atoms with Crippen molar-refractivity contribution in [3.8, 4) is 0 Å². The van der Waals surface area contributed by atoms with Crippen LogP contribution in [0.15, 0.2) is 48.5 Å². The predicted molar refractivity (Wildman–Crippen MR) is 81.1 cm³/mol. The van der Waals surface area contributed by atoms with Crippen molar-refractivity contribution in [1.29, 1.82) is 0 Å². The molecule has 2 aromatic carbocycles. The third kappa shape index (κ3) is 3.29. The molecule has 0 aliphatic carbocycles. The van der Waals surface area contributed by atoms with Gasteiger partial charge in [0.2, 0.25) is 0 Å². The van der Waals surface area contributed by atoms with Crippen LogP contribution >= 0.6 is 22.6 Å². The second kappa shape index (κ2) is 6.29. The van der Waals surface area contributed by atoms with Crippen LogP contribution in [0.5, 0.6) is 0 Å². The van der Waals surface area contributed by atoms with Crippen molar-refractivity contribution in [2.45, 2.75) is 12.5 Å². The first kappa shape index (κ1) is 13.5. The predicted octanol–water partition coefficient (Wildman–Crippen LogP) is 3.93. The highest BCUT2D eigenvalue weighted by molar-refractivity contribution is 14.1. The molecule has 0 saturated heterocycles. The Hall–Kier alpha value is -0.940. The number of nitrogens with one attached hydrogen (secondary N) is 1. The third-order valence-electron chi connectivity index (χ3n) is 2.96. The molecule has 0 aliphatic rings. The highest BCUT2D eigenvalue weighted by Gasteiger charge is 2.12. The quantitative estimate of drug-likeness (QED) is 0.820. The molecule has 2 aromatic rings. The Kier molecular flexibility index (Phi) is 4.72. The molecule has 0 heterocycles. The fourth-order valence-electron chi connectivity index (χ4n) is 2.02. The minimum absolute atomic E-state index is 0.176. The Bertz CT molecular complexity index is 527. The summed E-state index contributed by atoms with van der Waals surface area (Å²) in [6.07, 6.45) is 0.786. The number of hydrogen-bond acceptors (Lipinski definition) is 1. The summed E-state index contributed by atoms with van der Waals surface area (Å²) in [6.45, 7) is 0. The molecule has 1 atom stereocenters. The molecule has 1 nitrogen and oxygen atoms in total. The smallest absolute Gasteiger partial charge is 0.123 e. The maximum atomic E-state index is 13.2. The Morgan fingerprint density at radius 2 is 1.94 bits per heavy atom. The van der Waals surface area contributed by atoms with Gasteiger partial charge in [-0.3, -0.25) is 0 Å². The number of rotatable bonds is 4. The van der Waals surface area contributed by atoms with Gasteiger partial charge in [-0.25, -0.2) is 4.39 Å². The summed E-state index contributed by atoms with van der Waals surface area (Å²) in [5.41, 5.74) is 2.26. The van der Waals surface area contributed by atoms with E-state index in [0.717, 1.165) is 12.0 Å². The number of halogens is 2. The fourth-order valence-corrected chi connectivity index (χ4v) is 2.79. The second-order valence-electron chi connectivity index (χ2n) is 4.20. The summed E-state index contributed by atoms with van der Waals surface area (Å²) in [5, 5.41) is 3.30. The van der Waals surface area contributed by atoms with Crippen molar-refractivity contribution in [3.05, 3.63) is 69.0 Å². The molecule has 0 amide bonds. The van der Waals surface area contributed by atoms with E-state index >= 15 is 0 Å². The first-order valence-electron chi connectivity index (χ1n) is 5.87. The van der Waals surface area contributed by atoms with Crippen molar-refractivity contribution < 1.29 is 4.39 Å². The van der Waals surface area contributed by atoms with Crippen LogP contribution in [-0.4, -0.2) is 7.05 Å². The van der Waals surface area contributed by atoms with Crippen LogP contribution in [0.25, 0.3) is 0 Å². The summed E-state index contributed by atoms with van der Waals surface area (Å²) < 4.78 is 14.4. The topological polar surface area (TPSA) is 12.0 Å². The Morgan fingerprint density at radius 1 is 1.17 bits per heavy atom. The zero-order chi connectivity index (χ0) is 13.0. The molecular weight excluding hydrogens is 340 g/mol. The van der Waals surface area contributed by atoms with Crippen LogP contribution in [-0.2, 0) is 6.42 Å². The van der Waals surface area contributed by atoms with Crippen LogP contribution in [0.4, 0.5) is 4.39 Å². The van der Waals surface area contributed by atoms with E-state index in [2.05, 4.69) is 40.0 Å². The number of hydrogen-bond donors (Lipinski definition) is 1. The number of benzene rings is 2. The molecule has 1 unspecified atom stereocenters. The summed E-state index contributed by atoms with van der Waals surface area (Å²) in [4.78, 5) is 0. The fraction of sp³-hybridized carbons (Fsp3) is 0.200. The van der Waals surface area contributed by atoms with E-state index in [4.69, 9.17) is 0 Å². The van der Waals surface area contributed by atoms with Gasteiger partial charge in [0, 0.05) is 9.61 Å². The van der Waals surface area contributed by atoms with Crippen LogP contribution in [0.3, 0.4) is 0 Å². The standard InChI is InChI=1S/C15H15FIN/c1-18-15(13-7-2-3-8-14(13)17)10-11-5-4-6-12(16)9-11/h2-9,15,18H,10H2,1H3. The Balaban J connectivity index is 2.23. The lowest BCUT2D eigenvalue weighted by molar-refractivity contribution is 0.582. The third-order valence-corrected chi connectivity index (χ3v) is 3.94. The lowest BCUT2D eigenvalue weighted by Gasteiger charge is -2.18. The monoisotopic (exact) mass is 355 g/mol. The van der Waals surface area contributed by atoms with Gasteiger partial charge >= 0.3 is 0 Å². The van der Waals surface area contributed by atoms with Gasteiger partial charge in [0.1, 0.15) is 5.82 Å².